The van der Waals surface area contributed by atoms with Crippen LogP contribution in [0.15, 0.2) is 47.7 Å². The van der Waals surface area contributed by atoms with Crippen molar-refractivity contribution in [1.29, 1.82) is 0 Å². The number of rotatable bonds is 2. The van der Waals surface area contributed by atoms with Crippen LogP contribution in [0.25, 0.3) is 0 Å². The Morgan fingerprint density at radius 2 is 1.61 bits per heavy atom. The average molecular weight is 455 g/mol. The Kier molecular flexibility index (Phi) is 5.45. The first-order valence-corrected chi connectivity index (χ1v) is 10.3. The van der Waals surface area contributed by atoms with E-state index in [0.717, 1.165) is 11.1 Å². The molecule has 2 aromatic carbocycles. The molecule has 0 saturated carbocycles. The Morgan fingerprint density at radius 1 is 0.821 bits per heavy atom. The molecule has 1 heterocycles. The fourth-order valence-electron chi connectivity index (χ4n) is 4.01. The number of carbonyl (C=O) groups is 2. The number of nitrogens with one attached hydrogen (secondary N) is 1. The van der Waals surface area contributed by atoms with Crippen LogP contribution < -0.4 is 5.32 Å². The molecule has 2 atom stereocenters. The first-order chi connectivity index (χ1) is 13.3. The first-order valence-electron chi connectivity index (χ1n) is 8.79. The minimum Gasteiger partial charge on any atom is -0.329 e. The van der Waals surface area contributed by atoms with Gasteiger partial charge in [-0.3, -0.25) is 9.59 Å². The van der Waals surface area contributed by atoms with Crippen LogP contribution in [0.2, 0.25) is 20.1 Å². The number of Topliss-reactive ketones (excluding diaryl/α,β-unsaturated/α-hetero) is 1. The molecule has 1 aliphatic carbocycles. The molecule has 7 heteroatoms. The van der Waals surface area contributed by atoms with Gasteiger partial charge in [0.15, 0.2) is 5.78 Å². The summed E-state index contributed by atoms with van der Waals surface area (Å²) in [5.74, 6) is -0.553. The third-order valence-corrected chi connectivity index (χ3v) is 6.59. The van der Waals surface area contributed by atoms with Crippen LogP contribution in [0.3, 0.4) is 0 Å². The summed E-state index contributed by atoms with van der Waals surface area (Å²) in [4.78, 5) is 25.5. The average Bonchev–Trinajstić information content (AvgIpc) is 2.63. The summed E-state index contributed by atoms with van der Waals surface area (Å²) in [6.07, 6.45) is 1.07. The maximum absolute atomic E-state index is 13.1. The minimum atomic E-state index is -0.365. The van der Waals surface area contributed by atoms with E-state index in [1.54, 1.807) is 30.3 Å². The van der Waals surface area contributed by atoms with Gasteiger partial charge in [-0.2, -0.15) is 0 Å². The molecule has 28 heavy (non-hydrogen) atoms. The Balaban J connectivity index is 1.73. The highest BCUT2D eigenvalue weighted by Crippen LogP contribution is 2.44. The Bertz CT molecular complexity index is 1030. The van der Waals surface area contributed by atoms with E-state index in [-0.39, 0.29) is 29.9 Å². The molecular formula is C21H15Cl4NO2. The lowest BCUT2D eigenvalue weighted by atomic mass is 9.73. The maximum Gasteiger partial charge on any atom is 0.225 e. The molecule has 0 aromatic heterocycles. The van der Waals surface area contributed by atoms with E-state index in [1.165, 1.54) is 0 Å². The van der Waals surface area contributed by atoms with E-state index >= 15 is 0 Å². The number of hydrogen-bond donors (Lipinski definition) is 1. The zero-order valence-electron chi connectivity index (χ0n) is 14.6. The number of hydrogen-bond acceptors (Lipinski definition) is 2. The van der Waals surface area contributed by atoms with Gasteiger partial charge in [0, 0.05) is 40.1 Å². The smallest absolute Gasteiger partial charge is 0.225 e. The van der Waals surface area contributed by atoms with E-state index in [1.807, 2.05) is 6.07 Å². The van der Waals surface area contributed by atoms with Gasteiger partial charge in [0.05, 0.1) is 10.0 Å². The number of ketones is 1. The van der Waals surface area contributed by atoms with Crippen LogP contribution in [0.1, 0.15) is 42.2 Å². The van der Waals surface area contributed by atoms with Crippen molar-refractivity contribution >= 4 is 58.1 Å². The largest absolute Gasteiger partial charge is 0.329 e. The van der Waals surface area contributed by atoms with Crippen molar-refractivity contribution in [2.45, 2.75) is 31.1 Å². The third kappa shape index (κ3) is 3.69. The van der Waals surface area contributed by atoms with E-state index in [9.17, 15) is 9.59 Å². The summed E-state index contributed by atoms with van der Waals surface area (Å²) in [6.45, 7) is 0. The summed E-state index contributed by atoms with van der Waals surface area (Å²) >= 11 is 24.5. The van der Waals surface area contributed by atoms with E-state index in [4.69, 9.17) is 46.4 Å². The molecule has 0 fully saturated rings. The molecule has 2 aromatic rings. The second kappa shape index (κ2) is 7.72. The highest BCUT2D eigenvalue weighted by Gasteiger charge is 2.38. The zero-order chi connectivity index (χ0) is 20.0. The quantitative estimate of drug-likeness (QED) is 0.578. The summed E-state index contributed by atoms with van der Waals surface area (Å²) < 4.78 is 0. The second-order valence-corrected chi connectivity index (χ2v) is 8.72. The lowest BCUT2D eigenvalue weighted by molar-refractivity contribution is -0.122. The van der Waals surface area contributed by atoms with Gasteiger partial charge in [0.2, 0.25) is 5.91 Å². The van der Waals surface area contributed by atoms with Gasteiger partial charge in [0.1, 0.15) is 0 Å². The number of carbonyl (C=O) groups excluding carboxylic acids is 2. The summed E-state index contributed by atoms with van der Waals surface area (Å²) in [7, 11) is 0. The number of halogens is 4. The fraction of sp³-hybridized carbons (Fsp3) is 0.238. The molecule has 0 saturated heterocycles. The van der Waals surface area contributed by atoms with Crippen molar-refractivity contribution in [3.8, 4) is 0 Å². The van der Waals surface area contributed by atoms with Crippen LogP contribution in [-0.4, -0.2) is 11.7 Å². The predicted molar refractivity (Wildman–Crippen MR) is 112 cm³/mol. The monoisotopic (exact) mass is 453 g/mol. The van der Waals surface area contributed by atoms with E-state index in [0.29, 0.717) is 44.2 Å². The molecule has 3 nitrogen and oxygen atoms in total. The molecule has 2 aliphatic rings. The van der Waals surface area contributed by atoms with Crippen molar-refractivity contribution in [1.82, 2.24) is 5.32 Å². The van der Waals surface area contributed by atoms with Crippen molar-refractivity contribution in [2.75, 3.05) is 0 Å². The summed E-state index contributed by atoms with van der Waals surface area (Å²) in [5, 5.41) is 4.78. The van der Waals surface area contributed by atoms with Crippen LogP contribution >= 0.6 is 46.4 Å². The molecule has 0 bridgehead atoms. The van der Waals surface area contributed by atoms with Gasteiger partial charge in [-0.1, -0.05) is 58.5 Å². The predicted octanol–water partition coefficient (Wildman–Crippen LogP) is 6.30. The van der Waals surface area contributed by atoms with Gasteiger partial charge in [0.25, 0.3) is 0 Å². The molecule has 1 N–H and O–H groups in total. The highest BCUT2D eigenvalue weighted by atomic mass is 35.5. The highest BCUT2D eigenvalue weighted by molar-refractivity contribution is 6.42. The molecule has 2 unspecified atom stereocenters. The van der Waals surface area contributed by atoms with E-state index in [2.05, 4.69) is 5.32 Å². The van der Waals surface area contributed by atoms with Gasteiger partial charge in [-0.05, 0) is 47.7 Å². The van der Waals surface area contributed by atoms with Crippen LogP contribution in [0.5, 0.6) is 0 Å². The molecule has 0 radical (unpaired) electrons. The lowest BCUT2D eigenvalue weighted by Gasteiger charge is -2.34. The molecule has 1 aliphatic heterocycles. The Labute approximate surface area is 182 Å². The number of allylic oxidation sites excluding steroid dienone is 2. The SMILES string of the molecule is O=C1CC(c2ccc(Cl)cc2Cl)C2=C(CC(c3ccc(Cl)c(Cl)c3)CC2=O)N1. The molecule has 1 amide bonds. The van der Waals surface area contributed by atoms with Gasteiger partial charge < -0.3 is 5.32 Å². The maximum atomic E-state index is 13.1. The van der Waals surface area contributed by atoms with Crippen molar-refractivity contribution in [3.63, 3.8) is 0 Å². The zero-order valence-corrected chi connectivity index (χ0v) is 17.6. The number of benzene rings is 2. The molecular weight excluding hydrogens is 440 g/mol. The van der Waals surface area contributed by atoms with Crippen molar-refractivity contribution in [3.05, 3.63) is 78.9 Å². The minimum absolute atomic E-state index is 0.00772. The standard InChI is InChI=1S/C21H15Cl4NO2/c22-12-2-3-13(16(24)8-12)14-9-20(28)26-18-6-11(7-19(27)21(14)18)10-1-4-15(23)17(25)5-10/h1-5,8,11,14H,6-7,9H2,(H,26,28). The van der Waals surface area contributed by atoms with Gasteiger partial charge >= 0.3 is 0 Å². The lowest BCUT2D eigenvalue weighted by Crippen LogP contribution is -2.38. The summed E-state index contributed by atoms with van der Waals surface area (Å²) in [5.41, 5.74) is 2.98. The van der Waals surface area contributed by atoms with Crippen LogP contribution in [-0.2, 0) is 9.59 Å². The van der Waals surface area contributed by atoms with Gasteiger partial charge in [-0.15, -0.1) is 0 Å². The van der Waals surface area contributed by atoms with Crippen LogP contribution in [0, 0.1) is 0 Å². The Hall–Kier alpha value is -1.52. The molecule has 4 rings (SSSR count). The summed E-state index contributed by atoms with van der Waals surface area (Å²) in [6, 6.07) is 10.5. The third-order valence-electron chi connectivity index (χ3n) is 5.29. The first kappa shape index (κ1) is 19.8. The van der Waals surface area contributed by atoms with Crippen LogP contribution in [0.4, 0.5) is 0 Å². The normalized spacial score (nSPS) is 22.1. The number of amides is 1. The van der Waals surface area contributed by atoms with Crippen molar-refractivity contribution in [2.24, 2.45) is 0 Å². The fourth-order valence-corrected chi connectivity index (χ4v) is 4.86. The molecule has 0 spiro atoms. The van der Waals surface area contributed by atoms with Crippen molar-refractivity contribution < 1.29 is 9.59 Å². The molecule has 144 valence electrons. The topological polar surface area (TPSA) is 46.2 Å². The van der Waals surface area contributed by atoms with E-state index < -0.39 is 0 Å². The second-order valence-electron chi connectivity index (χ2n) is 7.06. The Morgan fingerprint density at radius 3 is 2.32 bits per heavy atom. The van der Waals surface area contributed by atoms with Gasteiger partial charge in [-0.25, -0.2) is 0 Å².